The van der Waals surface area contributed by atoms with Gasteiger partial charge >= 0.3 is 0 Å². The number of carbonyl (C=O) groups is 2. The average molecular weight is 437 g/mol. The van der Waals surface area contributed by atoms with Gasteiger partial charge in [-0.15, -0.1) is 0 Å². The highest BCUT2D eigenvalue weighted by atomic mass is 16.5. The summed E-state index contributed by atoms with van der Waals surface area (Å²) in [5.41, 5.74) is 0.775. The van der Waals surface area contributed by atoms with Gasteiger partial charge in [-0.25, -0.2) is 0 Å². The van der Waals surface area contributed by atoms with Crippen LogP contribution in [-0.2, 0) is 11.3 Å². The molecule has 6 rings (SSSR count). The van der Waals surface area contributed by atoms with Crippen molar-refractivity contribution in [3.05, 3.63) is 53.6 Å². The molecule has 4 aliphatic rings. The van der Waals surface area contributed by atoms with E-state index in [9.17, 15) is 9.59 Å². The molecule has 7 heteroatoms. The molecule has 3 aliphatic carbocycles. The Labute approximate surface area is 187 Å². The fourth-order valence-electron chi connectivity index (χ4n) is 5.54. The quantitative estimate of drug-likeness (QED) is 0.751. The van der Waals surface area contributed by atoms with Crippen molar-refractivity contribution in [2.45, 2.75) is 38.0 Å². The first-order chi connectivity index (χ1) is 15.5. The molecule has 2 N–H and O–H groups in total. The zero-order valence-corrected chi connectivity index (χ0v) is 18.4. The Balaban J connectivity index is 1.29. The van der Waals surface area contributed by atoms with Crippen LogP contribution in [0.5, 0.6) is 17.2 Å². The van der Waals surface area contributed by atoms with Crippen LogP contribution in [0.4, 0.5) is 0 Å². The number of methoxy groups -OCH3 is 2. The topological polar surface area (TPSA) is 85.9 Å². The fraction of sp³-hybridized carbons (Fsp3) is 0.440. The Bertz CT molecular complexity index is 1050. The number of nitrogens with one attached hydrogen (secondary N) is 2. The zero-order valence-electron chi connectivity index (χ0n) is 18.4. The predicted octanol–water partition coefficient (Wildman–Crippen LogP) is 3.27. The lowest BCUT2D eigenvalue weighted by atomic mass is 9.60. The van der Waals surface area contributed by atoms with E-state index < -0.39 is 5.72 Å². The van der Waals surface area contributed by atoms with Gasteiger partial charge in [0.2, 0.25) is 5.91 Å². The summed E-state index contributed by atoms with van der Waals surface area (Å²) in [4.78, 5) is 25.9. The first-order valence-corrected chi connectivity index (χ1v) is 11.1. The van der Waals surface area contributed by atoms with Gasteiger partial charge in [-0.3, -0.25) is 9.59 Å². The van der Waals surface area contributed by atoms with Gasteiger partial charge < -0.3 is 24.8 Å². The van der Waals surface area contributed by atoms with Gasteiger partial charge in [0.05, 0.1) is 19.8 Å². The lowest BCUT2D eigenvalue weighted by Gasteiger charge is -2.55. The molecule has 3 fully saturated rings. The standard InChI is InChI=1S/C25H28N2O5/c1-30-18-5-3-4-15(10-18)14-26-23(28)21-11-17-7-6-16(21)13-25(17)27-24(29)20-9-8-19(31-2)12-22(20)32-25/h3-5,8-10,12,16-17,21H,6-7,11,13-14H2,1-2H3,(H,26,28)(H,27,29)/t16-,17-,21+,25+/m1/s1. The number of amides is 2. The predicted molar refractivity (Wildman–Crippen MR) is 118 cm³/mol. The Morgan fingerprint density at radius 3 is 2.72 bits per heavy atom. The molecule has 168 valence electrons. The largest absolute Gasteiger partial charge is 0.497 e. The summed E-state index contributed by atoms with van der Waals surface area (Å²) >= 11 is 0. The van der Waals surface area contributed by atoms with Crippen molar-refractivity contribution in [1.82, 2.24) is 10.6 Å². The van der Waals surface area contributed by atoms with Crippen LogP contribution in [0.2, 0.25) is 0 Å². The van der Waals surface area contributed by atoms with E-state index in [2.05, 4.69) is 10.6 Å². The second-order valence-corrected chi connectivity index (χ2v) is 8.96. The van der Waals surface area contributed by atoms with Crippen LogP contribution < -0.4 is 24.8 Å². The van der Waals surface area contributed by atoms with Crippen LogP contribution in [0, 0.1) is 17.8 Å². The van der Waals surface area contributed by atoms with Gasteiger partial charge in [0.15, 0.2) is 5.72 Å². The van der Waals surface area contributed by atoms with Crippen molar-refractivity contribution in [3.63, 3.8) is 0 Å². The summed E-state index contributed by atoms with van der Waals surface area (Å²) in [5, 5.41) is 6.24. The fourth-order valence-corrected chi connectivity index (χ4v) is 5.54. The number of fused-ring (bicyclic) bond motifs is 3. The van der Waals surface area contributed by atoms with E-state index in [0.29, 0.717) is 36.4 Å². The molecule has 3 saturated carbocycles. The Kier molecular flexibility index (Phi) is 5.19. The lowest BCUT2D eigenvalue weighted by Crippen LogP contribution is -2.66. The smallest absolute Gasteiger partial charge is 0.258 e. The minimum absolute atomic E-state index is 0.0709. The molecule has 2 bridgehead atoms. The molecule has 0 unspecified atom stereocenters. The van der Waals surface area contributed by atoms with Crippen molar-refractivity contribution in [2.75, 3.05) is 14.2 Å². The molecule has 2 aromatic carbocycles. The van der Waals surface area contributed by atoms with E-state index in [-0.39, 0.29) is 29.6 Å². The summed E-state index contributed by atoms with van der Waals surface area (Å²) in [6.07, 6.45) is 3.24. The highest BCUT2D eigenvalue weighted by Crippen LogP contribution is 2.52. The number of hydrogen-bond acceptors (Lipinski definition) is 5. The summed E-state index contributed by atoms with van der Waals surface area (Å²) in [5.74, 6) is 2.11. The van der Waals surface area contributed by atoms with Crippen LogP contribution in [0.15, 0.2) is 42.5 Å². The van der Waals surface area contributed by atoms with Crippen LogP contribution in [-0.4, -0.2) is 31.8 Å². The summed E-state index contributed by atoms with van der Waals surface area (Å²) in [6.45, 7) is 0.468. The summed E-state index contributed by atoms with van der Waals surface area (Å²) in [6, 6.07) is 13.0. The first kappa shape index (κ1) is 20.7. The molecule has 0 radical (unpaired) electrons. The number of hydrogen-bond donors (Lipinski definition) is 2. The second-order valence-electron chi connectivity index (χ2n) is 8.96. The molecule has 0 saturated heterocycles. The van der Waals surface area contributed by atoms with Crippen LogP contribution >= 0.6 is 0 Å². The van der Waals surface area contributed by atoms with Gasteiger partial charge in [0, 0.05) is 30.9 Å². The van der Waals surface area contributed by atoms with Gasteiger partial charge in [-0.2, -0.15) is 0 Å². The molecule has 2 amide bonds. The molecule has 2 aromatic rings. The van der Waals surface area contributed by atoms with Crippen molar-refractivity contribution < 1.29 is 23.8 Å². The Morgan fingerprint density at radius 1 is 1.16 bits per heavy atom. The van der Waals surface area contributed by atoms with Crippen LogP contribution in [0.1, 0.15) is 41.6 Å². The number of rotatable bonds is 5. The highest BCUT2D eigenvalue weighted by molar-refractivity contribution is 5.98. The maximum Gasteiger partial charge on any atom is 0.258 e. The minimum atomic E-state index is -0.747. The average Bonchev–Trinajstić information content (AvgIpc) is 2.82. The molecular formula is C25H28N2O5. The van der Waals surface area contributed by atoms with Crippen LogP contribution in [0.25, 0.3) is 0 Å². The van der Waals surface area contributed by atoms with E-state index in [0.717, 1.165) is 24.2 Å². The molecular weight excluding hydrogens is 408 g/mol. The monoisotopic (exact) mass is 436 g/mol. The van der Waals surface area contributed by atoms with E-state index >= 15 is 0 Å². The van der Waals surface area contributed by atoms with E-state index in [1.54, 1.807) is 32.4 Å². The van der Waals surface area contributed by atoms with E-state index in [4.69, 9.17) is 14.2 Å². The number of ether oxygens (including phenoxy) is 3. The normalized spacial score (nSPS) is 27.8. The molecule has 32 heavy (non-hydrogen) atoms. The minimum Gasteiger partial charge on any atom is -0.497 e. The third-order valence-corrected chi connectivity index (χ3v) is 7.21. The Morgan fingerprint density at radius 2 is 1.97 bits per heavy atom. The molecule has 4 atom stereocenters. The molecule has 7 nitrogen and oxygen atoms in total. The SMILES string of the molecule is COc1cccc(CNC(=O)[C@H]2C[C@H]3CC[C@@H]2C[C@@]32NC(=O)c3ccc(OC)cc3O2)c1. The van der Waals surface area contributed by atoms with Gasteiger partial charge in [-0.1, -0.05) is 12.1 Å². The molecule has 1 aliphatic heterocycles. The summed E-state index contributed by atoms with van der Waals surface area (Å²) in [7, 11) is 3.23. The molecule has 0 aromatic heterocycles. The number of benzene rings is 2. The van der Waals surface area contributed by atoms with E-state index in [1.165, 1.54) is 0 Å². The van der Waals surface area contributed by atoms with Crippen LogP contribution in [0.3, 0.4) is 0 Å². The highest BCUT2D eigenvalue weighted by Gasteiger charge is 2.57. The molecule has 1 heterocycles. The van der Waals surface area contributed by atoms with Crippen molar-refractivity contribution >= 4 is 11.8 Å². The maximum absolute atomic E-state index is 13.0. The maximum atomic E-state index is 13.0. The van der Waals surface area contributed by atoms with Gasteiger partial charge in [0.1, 0.15) is 17.2 Å². The van der Waals surface area contributed by atoms with Crippen molar-refractivity contribution in [2.24, 2.45) is 17.8 Å². The third kappa shape index (κ3) is 3.55. The second kappa shape index (κ2) is 8.04. The third-order valence-electron chi connectivity index (χ3n) is 7.21. The Hall–Kier alpha value is -3.22. The van der Waals surface area contributed by atoms with Gasteiger partial charge in [-0.05, 0) is 55.0 Å². The van der Waals surface area contributed by atoms with Crippen molar-refractivity contribution in [3.8, 4) is 17.2 Å². The van der Waals surface area contributed by atoms with Gasteiger partial charge in [0.25, 0.3) is 5.91 Å². The number of carbonyl (C=O) groups excluding carboxylic acids is 2. The molecule has 1 spiro atoms. The van der Waals surface area contributed by atoms with E-state index in [1.807, 2.05) is 24.3 Å². The zero-order chi connectivity index (χ0) is 22.3. The van der Waals surface area contributed by atoms with Crippen molar-refractivity contribution in [1.29, 1.82) is 0 Å². The summed E-state index contributed by atoms with van der Waals surface area (Å²) < 4.78 is 17.0. The first-order valence-electron chi connectivity index (χ1n) is 11.1. The lowest BCUT2D eigenvalue weighted by molar-refractivity contribution is -0.146.